The molecule has 0 aliphatic rings. The Balaban J connectivity index is 2.55. The summed E-state index contributed by atoms with van der Waals surface area (Å²) in [5, 5.41) is 6.21. The molecule has 0 amide bonds. The summed E-state index contributed by atoms with van der Waals surface area (Å²) in [6, 6.07) is 0. The van der Waals surface area contributed by atoms with E-state index in [0.717, 1.165) is 6.20 Å². The maximum Gasteiger partial charge on any atom is 0.422 e. The first kappa shape index (κ1) is 9.97. The average molecular weight is 214 g/mol. The van der Waals surface area contributed by atoms with E-state index in [4.69, 9.17) is 11.6 Å². The normalized spacial score (nSPS) is 11.4. The highest BCUT2D eigenvalue weighted by molar-refractivity contribution is 6.28. The van der Waals surface area contributed by atoms with E-state index in [1.807, 2.05) is 0 Å². The molecule has 0 aliphatic carbocycles. The molecular weight excluding hydrogens is 211 g/mol. The molecular formula is C5H3ClF3N3O. The molecule has 72 valence electrons. The van der Waals surface area contributed by atoms with Gasteiger partial charge in [0, 0.05) is 0 Å². The number of rotatable bonds is 2. The molecule has 0 aliphatic heterocycles. The van der Waals surface area contributed by atoms with Crippen LogP contribution in [0.15, 0.2) is 6.20 Å². The smallest absolute Gasteiger partial charge is 0.422 e. The molecule has 4 nitrogen and oxygen atoms in total. The zero-order valence-electron chi connectivity index (χ0n) is 6.05. The summed E-state index contributed by atoms with van der Waals surface area (Å²) in [5.74, 6) is -0.308. The first-order chi connectivity index (χ1) is 5.97. The minimum absolute atomic E-state index is 0.264. The van der Waals surface area contributed by atoms with Gasteiger partial charge in [0.05, 0.1) is 0 Å². The molecule has 0 spiro atoms. The number of nitrogens with zero attached hydrogens (tertiary/aromatic N) is 3. The third kappa shape index (κ3) is 3.88. The largest absolute Gasteiger partial charge is 0.467 e. The second-order valence-corrected chi connectivity index (χ2v) is 2.31. The van der Waals surface area contributed by atoms with Gasteiger partial charge in [-0.25, -0.2) is 0 Å². The molecule has 13 heavy (non-hydrogen) atoms. The standard InChI is InChI=1S/C5H3ClF3N3O/c6-4-11-3(1-10-12-4)13-2-5(7,8)9/h1H,2H2. The summed E-state index contributed by atoms with van der Waals surface area (Å²) >= 11 is 5.25. The maximum atomic E-state index is 11.6. The zero-order valence-corrected chi connectivity index (χ0v) is 6.80. The Morgan fingerprint density at radius 2 is 2.15 bits per heavy atom. The monoisotopic (exact) mass is 213 g/mol. The molecule has 0 N–H and O–H groups in total. The molecule has 0 fully saturated rings. The Hall–Kier alpha value is -1.11. The minimum Gasteiger partial charge on any atom is -0.467 e. The van der Waals surface area contributed by atoms with Crippen LogP contribution in [0.1, 0.15) is 0 Å². The fraction of sp³-hybridized carbons (Fsp3) is 0.400. The molecule has 0 aromatic carbocycles. The van der Waals surface area contributed by atoms with Crippen molar-refractivity contribution in [1.82, 2.24) is 15.2 Å². The molecule has 1 rings (SSSR count). The molecule has 0 radical (unpaired) electrons. The molecule has 0 saturated carbocycles. The molecule has 0 bridgehead atoms. The third-order valence-corrected chi connectivity index (χ3v) is 1.05. The maximum absolute atomic E-state index is 11.6. The Morgan fingerprint density at radius 1 is 1.46 bits per heavy atom. The quantitative estimate of drug-likeness (QED) is 0.746. The zero-order chi connectivity index (χ0) is 9.90. The van der Waals surface area contributed by atoms with E-state index in [-0.39, 0.29) is 11.2 Å². The first-order valence-electron chi connectivity index (χ1n) is 3.02. The van der Waals surface area contributed by atoms with Gasteiger partial charge in [0.25, 0.3) is 0 Å². The Labute approximate surface area is 75.7 Å². The van der Waals surface area contributed by atoms with Crippen LogP contribution in [0.2, 0.25) is 5.28 Å². The molecule has 1 heterocycles. The van der Waals surface area contributed by atoms with Crippen LogP contribution in [0.3, 0.4) is 0 Å². The topological polar surface area (TPSA) is 47.9 Å². The molecule has 1 aromatic heterocycles. The van der Waals surface area contributed by atoms with E-state index in [9.17, 15) is 13.2 Å². The Kier molecular flexibility index (Phi) is 2.86. The van der Waals surface area contributed by atoms with Gasteiger partial charge in [0.1, 0.15) is 6.20 Å². The van der Waals surface area contributed by atoms with Crippen LogP contribution in [0, 0.1) is 0 Å². The summed E-state index contributed by atoms with van der Waals surface area (Å²) < 4.78 is 39.1. The van der Waals surface area contributed by atoms with E-state index >= 15 is 0 Å². The van der Waals surface area contributed by atoms with Crippen molar-refractivity contribution in [2.24, 2.45) is 0 Å². The second-order valence-electron chi connectivity index (χ2n) is 1.97. The first-order valence-corrected chi connectivity index (χ1v) is 3.40. The highest BCUT2D eigenvalue weighted by atomic mass is 35.5. The Morgan fingerprint density at radius 3 is 2.69 bits per heavy atom. The van der Waals surface area contributed by atoms with Gasteiger partial charge >= 0.3 is 6.18 Å². The van der Waals surface area contributed by atoms with Crippen LogP contribution < -0.4 is 4.74 Å². The van der Waals surface area contributed by atoms with E-state index in [0.29, 0.717) is 0 Å². The van der Waals surface area contributed by atoms with Gasteiger partial charge in [0.2, 0.25) is 11.2 Å². The lowest BCUT2D eigenvalue weighted by Crippen LogP contribution is -2.19. The molecule has 8 heteroatoms. The predicted octanol–water partition coefficient (Wildman–Crippen LogP) is 1.47. The summed E-state index contributed by atoms with van der Waals surface area (Å²) in [6.45, 7) is -1.43. The number of hydrogen-bond donors (Lipinski definition) is 0. The van der Waals surface area contributed by atoms with E-state index < -0.39 is 12.8 Å². The summed E-state index contributed by atoms with van der Waals surface area (Å²) in [4.78, 5) is 3.35. The van der Waals surface area contributed by atoms with Crippen molar-refractivity contribution in [1.29, 1.82) is 0 Å². The Bertz CT molecular complexity index is 293. The van der Waals surface area contributed by atoms with Gasteiger partial charge in [-0.3, -0.25) is 0 Å². The lowest BCUT2D eigenvalue weighted by atomic mass is 10.7. The molecule has 0 unspecified atom stereocenters. The van der Waals surface area contributed by atoms with Crippen molar-refractivity contribution in [3.63, 3.8) is 0 Å². The SMILES string of the molecule is FC(F)(F)COc1cnnc(Cl)n1. The molecule has 0 saturated heterocycles. The van der Waals surface area contributed by atoms with Gasteiger partial charge in [-0.15, -0.1) is 5.10 Å². The van der Waals surface area contributed by atoms with Gasteiger partial charge in [-0.05, 0) is 11.6 Å². The van der Waals surface area contributed by atoms with Crippen molar-refractivity contribution < 1.29 is 17.9 Å². The lowest BCUT2D eigenvalue weighted by Gasteiger charge is -2.06. The summed E-state index contributed by atoms with van der Waals surface area (Å²) in [7, 11) is 0. The summed E-state index contributed by atoms with van der Waals surface area (Å²) in [5.41, 5.74) is 0. The van der Waals surface area contributed by atoms with Crippen molar-refractivity contribution in [3.8, 4) is 5.88 Å². The van der Waals surface area contributed by atoms with E-state index in [1.54, 1.807) is 0 Å². The number of ether oxygens (including phenoxy) is 1. The minimum atomic E-state index is -4.41. The fourth-order valence-electron chi connectivity index (χ4n) is 0.493. The van der Waals surface area contributed by atoms with Gasteiger partial charge in [0.15, 0.2) is 6.61 Å². The highest BCUT2D eigenvalue weighted by Crippen LogP contribution is 2.16. The number of halogens is 4. The van der Waals surface area contributed by atoms with E-state index in [2.05, 4.69) is 19.9 Å². The van der Waals surface area contributed by atoms with Crippen LogP contribution in [0.4, 0.5) is 13.2 Å². The van der Waals surface area contributed by atoms with Crippen LogP contribution in [-0.2, 0) is 0 Å². The predicted molar refractivity (Wildman–Crippen MR) is 36.4 cm³/mol. The number of alkyl halides is 3. The highest BCUT2D eigenvalue weighted by Gasteiger charge is 2.28. The van der Waals surface area contributed by atoms with Gasteiger partial charge in [-0.2, -0.15) is 23.3 Å². The van der Waals surface area contributed by atoms with Crippen LogP contribution in [0.5, 0.6) is 5.88 Å². The molecule has 1 aromatic rings. The number of aromatic nitrogens is 3. The van der Waals surface area contributed by atoms with Crippen LogP contribution >= 0.6 is 11.6 Å². The van der Waals surface area contributed by atoms with Crippen molar-refractivity contribution in [2.75, 3.05) is 6.61 Å². The van der Waals surface area contributed by atoms with Crippen LogP contribution in [0.25, 0.3) is 0 Å². The molecule has 0 atom stereocenters. The number of hydrogen-bond acceptors (Lipinski definition) is 4. The second kappa shape index (κ2) is 3.73. The van der Waals surface area contributed by atoms with E-state index in [1.165, 1.54) is 0 Å². The van der Waals surface area contributed by atoms with Crippen molar-refractivity contribution in [2.45, 2.75) is 6.18 Å². The van der Waals surface area contributed by atoms with Crippen LogP contribution in [-0.4, -0.2) is 28.0 Å². The van der Waals surface area contributed by atoms with Crippen molar-refractivity contribution >= 4 is 11.6 Å². The fourth-order valence-corrected chi connectivity index (χ4v) is 0.620. The van der Waals surface area contributed by atoms with Gasteiger partial charge < -0.3 is 4.74 Å². The van der Waals surface area contributed by atoms with Crippen molar-refractivity contribution in [3.05, 3.63) is 11.5 Å². The van der Waals surface area contributed by atoms with Gasteiger partial charge in [-0.1, -0.05) is 0 Å². The average Bonchev–Trinajstić information content (AvgIpc) is 2.00. The summed E-state index contributed by atoms with van der Waals surface area (Å²) in [6.07, 6.45) is -3.46. The lowest BCUT2D eigenvalue weighted by molar-refractivity contribution is -0.154. The third-order valence-electron chi connectivity index (χ3n) is 0.895.